The van der Waals surface area contributed by atoms with Gasteiger partial charge in [0, 0.05) is 7.11 Å². The lowest BCUT2D eigenvalue weighted by atomic mass is 9.73. The van der Waals surface area contributed by atoms with E-state index in [1.165, 1.54) is 14.0 Å². The van der Waals surface area contributed by atoms with Crippen LogP contribution in [-0.2, 0) is 19.4 Å². The van der Waals surface area contributed by atoms with Gasteiger partial charge in [-0.25, -0.2) is 8.42 Å². The van der Waals surface area contributed by atoms with E-state index in [4.69, 9.17) is 9.84 Å². The van der Waals surface area contributed by atoms with Crippen molar-refractivity contribution in [1.29, 1.82) is 0 Å². The zero-order chi connectivity index (χ0) is 12.6. The lowest BCUT2D eigenvalue weighted by Crippen LogP contribution is -2.55. The lowest BCUT2D eigenvalue weighted by Gasteiger charge is -2.37. The molecule has 2 atom stereocenters. The summed E-state index contributed by atoms with van der Waals surface area (Å²) in [5, 5.41) is 19.3. The van der Waals surface area contributed by atoms with Crippen LogP contribution in [0.1, 0.15) is 13.3 Å². The van der Waals surface area contributed by atoms with E-state index < -0.39 is 32.6 Å². The molecule has 0 aromatic heterocycles. The molecule has 16 heavy (non-hydrogen) atoms. The first-order valence-electron chi connectivity index (χ1n) is 4.82. The SMILES string of the molecule is COCC(C)(C(=O)O)C1(O)CCS(=O)(=O)C1. The topological polar surface area (TPSA) is 101 Å². The van der Waals surface area contributed by atoms with Crippen LogP contribution in [-0.4, -0.2) is 55.4 Å². The minimum absolute atomic E-state index is 0.0680. The molecule has 0 aromatic carbocycles. The number of sulfone groups is 1. The average molecular weight is 252 g/mol. The minimum Gasteiger partial charge on any atom is -0.481 e. The number of rotatable bonds is 4. The van der Waals surface area contributed by atoms with Crippen LogP contribution in [0.4, 0.5) is 0 Å². The van der Waals surface area contributed by atoms with Gasteiger partial charge in [-0.05, 0) is 13.3 Å². The molecule has 6 nitrogen and oxygen atoms in total. The van der Waals surface area contributed by atoms with Crippen LogP contribution in [0.5, 0.6) is 0 Å². The van der Waals surface area contributed by atoms with Crippen molar-refractivity contribution >= 4 is 15.8 Å². The smallest absolute Gasteiger partial charge is 0.314 e. The fourth-order valence-electron chi connectivity index (χ4n) is 1.95. The highest BCUT2D eigenvalue weighted by atomic mass is 32.2. The molecule has 7 heteroatoms. The molecule has 2 unspecified atom stereocenters. The molecular formula is C9H16O6S. The van der Waals surface area contributed by atoms with Crippen LogP contribution in [0, 0.1) is 5.41 Å². The van der Waals surface area contributed by atoms with Crippen molar-refractivity contribution in [3.05, 3.63) is 0 Å². The van der Waals surface area contributed by atoms with E-state index in [2.05, 4.69) is 0 Å². The highest BCUT2D eigenvalue weighted by Gasteiger charge is 2.57. The Hall–Kier alpha value is -0.660. The van der Waals surface area contributed by atoms with Crippen molar-refractivity contribution in [2.24, 2.45) is 5.41 Å². The maximum Gasteiger partial charge on any atom is 0.314 e. The van der Waals surface area contributed by atoms with Gasteiger partial charge in [-0.1, -0.05) is 0 Å². The number of methoxy groups -OCH3 is 1. The number of carbonyl (C=O) groups is 1. The van der Waals surface area contributed by atoms with Gasteiger partial charge >= 0.3 is 5.97 Å². The molecule has 1 rings (SSSR count). The van der Waals surface area contributed by atoms with Crippen molar-refractivity contribution in [1.82, 2.24) is 0 Å². The van der Waals surface area contributed by atoms with Crippen molar-refractivity contribution in [2.45, 2.75) is 18.9 Å². The van der Waals surface area contributed by atoms with Gasteiger partial charge in [0.25, 0.3) is 0 Å². The second kappa shape index (κ2) is 3.97. The Morgan fingerprint density at radius 1 is 1.56 bits per heavy atom. The Kier molecular flexibility index (Phi) is 3.33. The predicted molar refractivity (Wildman–Crippen MR) is 55.8 cm³/mol. The van der Waals surface area contributed by atoms with Crippen molar-refractivity contribution in [3.63, 3.8) is 0 Å². The second-order valence-electron chi connectivity index (χ2n) is 4.44. The van der Waals surface area contributed by atoms with Crippen LogP contribution < -0.4 is 0 Å². The van der Waals surface area contributed by atoms with Crippen molar-refractivity contribution in [3.8, 4) is 0 Å². The molecule has 2 N–H and O–H groups in total. The monoisotopic (exact) mass is 252 g/mol. The number of carboxylic acid groups (broad SMARTS) is 1. The van der Waals surface area contributed by atoms with Gasteiger partial charge in [-0.3, -0.25) is 4.79 Å². The van der Waals surface area contributed by atoms with E-state index in [0.29, 0.717) is 0 Å². The van der Waals surface area contributed by atoms with Gasteiger partial charge in [-0.2, -0.15) is 0 Å². The first-order chi connectivity index (χ1) is 7.17. The van der Waals surface area contributed by atoms with E-state index in [-0.39, 0.29) is 18.8 Å². The minimum atomic E-state index is -3.36. The normalized spacial score (nSPS) is 32.2. The summed E-state index contributed by atoms with van der Waals surface area (Å²) in [5.41, 5.74) is -3.36. The van der Waals surface area contributed by atoms with Crippen molar-refractivity contribution < 1.29 is 28.2 Å². The third-order valence-electron chi connectivity index (χ3n) is 3.22. The molecule has 1 aliphatic rings. The highest BCUT2D eigenvalue weighted by Crippen LogP contribution is 2.40. The quantitative estimate of drug-likeness (QED) is 0.684. The third-order valence-corrected chi connectivity index (χ3v) is 4.96. The molecule has 0 spiro atoms. The molecule has 1 aliphatic heterocycles. The number of hydrogen-bond acceptors (Lipinski definition) is 5. The largest absolute Gasteiger partial charge is 0.481 e. The van der Waals surface area contributed by atoms with Crippen LogP contribution in [0.3, 0.4) is 0 Å². The summed E-state index contributed by atoms with van der Waals surface area (Å²) in [6.07, 6.45) is -0.0680. The van der Waals surface area contributed by atoms with Crippen LogP contribution >= 0.6 is 0 Å². The molecule has 94 valence electrons. The van der Waals surface area contributed by atoms with Crippen LogP contribution in [0.25, 0.3) is 0 Å². The number of aliphatic hydroxyl groups is 1. The van der Waals surface area contributed by atoms with Gasteiger partial charge < -0.3 is 14.9 Å². The summed E-state index contributed by atoms with van der Waals surface area (Å²) in [4.78, 5) is 11.2. The van der Waals surface area contributed by atoms with Gasteiger partial charge in [0.2, 0.25) is 0 Å². The average Bonchev–Trinajstić information content (AvgIpc) is 2.42. The zero-order valence-corrected chi connectivity index (χ0v) is 10.1. The number of ether oxygens (including phenoxy) is 1. The molecule has 0 saturated carbocycles. The van der Waals surface area contributed by atoms with Crippen LogP contribution in [0.2, 0.25) is 0 Å². The summed E-state index contributed by atoms with van der Waals surface area (Å²) in [5.74, 6) is -1.96. The molecular weight excluding hydrogens is 236 g/mol. The molecule has 1 saturated heterocycles. The molecule has 0 amide bonds. The molecule has 0 radical (unpaired) electrons. The third kappa shape index (κ3) is 2.07. The molecule has 1 heterocycles. The maximum absolute atomic E-state index is 11.3. The summed E-state index contributed by atoms with van der Waals surface area (Å²) in [7, 11) is -2.04. The summed E-state index contributed by atoms with van der Waals surface area (Å²) in [6, 6.07) is 0. The molecule has 0 aromatic rings. The van der Waals surface area contributed by atoms with Crippen LogP contribution in [0.15, 0.2) is 0 Å². The Bertz CT molecular complexity index is 389. The van der Waals surface area contributed by atoms with Gasteiger partial charge in [0.05, 0.1) is 23.7 Å². The van der Waals surface area contributed by atoms with E-state index in [9.17, 15) is 18.3 Å². The first-order valence-corrected chi connectivity index (χ1v) is 6.64. The van der Waals surface area contributed by atoms with E-state index in [0.717, 1.165) is 0 Å². The molecule has 0 aliphatic carbocycles. The van der Waals surface area contributed by atoms with E-state index in [1.54, 1.807) is 0 Å². The standard InChI is InChI=1S/C9H16O6S/c1-8(5-15-2,7(10)11)9(12)3-4-16(13,14)6-9/h12H,3-6H2,1-2H3,(H,10,11). The summed E-state index contributed by atoms with van der Waals surface area (Å²) >= 11 is 0. The van der Waals surface area contributed by atoms with Gasteiger partial charge in [-0.15, -0.1) is 0 Å². The lowest BCUT2D eigenvalue weighted by molar-refractivity contribution is -0.170. The van der Waals surface area contributed by atoms with Gasteiger partial charge in [0.1, 0.15) is 5.41 Å². The number of hydrogen-bond donors (Lipinski definition) is 2. The zero-order valence-electron chi connectivity index (χ0n) is 9.26. The fraction of sp³-hybridized carbons (Fsp3) is 0.889. The first kappa shape index (κ1) is 13.4. The summed E-state index contributed by atoms with van der Waals surface area (Å²) < 4.78 is 27.4. The Balaban J connectivity index is 3.09. The highest BCUT2D eigenvalue weighted by molar-refractivity contribution is 7.91. The Labute approximate surface area is 94.1 Å². The molecule has 0 bridgehead atoms. The Morgan fingerprint density at radius 3 is 2.44 bits per heavy atom. The van der Waals surface area contributed by atoms with E-state index in [1.807, 2.05) is 0 Å². The predicted octanol–water partition coefficient (Wildman–Crippen LogP) is -0.727. The Morgan fingerprint density at radius 2 is 2.12 bits per heavy atom. The van der Waals surface area contributed by atoms with E-state index >= 15 is 0 Å². The summed E-state index contributed by atoms with van der Waals surface area (Å²) in [6.45, 7) is 1.08. The van der Waals surface area contributed by atoms with Gasteiger partial charge in [0.15, 0.2) is 9.84 Å². The second-order valence-corrected chi connectivity index (χ2v) is 6.63. The van der Waals surface area contributed by atoms with Crippen molar-refractivity contribution in [2.75, 3.05) is 25.2 Å². The number of carboxylic acids is 1. The number of aliphatic carboxylic acids is 1. The fourth-order valence-corrected chi connectivity index (χ4v) is 3.94. The maximum atomic E-state index is 11.3. The molecule has 1 fully saturated rings.